The van der Waals surface area contributed by atoms with E-state index in [2.05, 4.69) is 5.10 Å². The Labute approximate surface area is 126 Å². The number of carboxylic acid groups (broad SMARTS) is 1. The third-order valence-corrected chi connectivity index (χ3v) is 4.19. The zero-order valence-corrected chi connectivity index (χ0v) is 12.8. The summed E-state index contributed by atoms with van der Waals surface area (Å²) < 4.78 is 1.28. The Morgan fingerprint density at radius 2 is 2.14 bits per heavy atom. The molecule has 0 aromatic carbocycles. The number of aromatic carboxylic acids is 1. The first-order valence-corrected chi connectivity index (χ1v) is 7.56. The zero-order valence-electron chi connectivity index (χ0n) is 11.9. The van der Waals surface area contributed by atoms with E-state index in [-0.39, 0.29) is 17.0 Å². The Morgan fingerprint density at radius 1 is 1.43 bits per heavy atom. The minimum absolute atomic E-state index is 0.169. The quantitative estimate of drug-likeness (QED) is 0.882. The van der Waals surface area contributed by atoms with Gasteiger partial charge in [0.2, 0.25) is 0 Å². The lowest BCUT2D eigenvalue weighted by Gasteiger charge is -2.20. The standard InChI is InChI=1S/C14H17N3O3S/c1-3-16(4-2)11-7-12(18)17(15-8-11)9-10-5-6-21-13(10)14(19)20/h5-8H,3-4,9H2,1-2H3,(H,19,20). The maximum absolute atomic E-state index is 12.1. The Bertz CT molecular complexity index is 689. The lowest BCUT2D eigenvalue weighted by Crippen LogP contribution is -2.28. The van der Waals surface area contributed by atoms with Gasteiger partial charge in [0.15, 0.2) is 0 Å². The van der Waals surface area contributed by atoms with E-state index in [9.17, 15) is 9.59 Å². The summed E-state index contributed by atoms with van der Waals surface area (Å²) in [5, 5.41) is 14.9. The van der Waals surface area contributed by atoms with Crippen molar-refractivity contribution in [2.75, 3.05) is 18.0 Å². The molecular formula is C14H17N3O3S. The predicted molar refractivity (Wildman–Crippen MR) is 82.4 cm³/mol. The molecule has 0 saturated heterocycles. The van der Waals surface area contributed by atoms with Crippen molar-refractivity contribution in [3.8, 4) is 0 Å². The molecule has 0 radical (unpaired) electrons. The Hall–Kier alpha value is -2.15. The molecule has 0 saturated carbocycles. The highest BCUT2D eigenvalue weighted by atomic mass is 32.1. The molecule has 2 aromatic heterocycles. The molecule has 0 aliphatic rings. The number of thiophene rings is 1. The average molecular weight is 307 g/mol. The van der Waals surface area contributed by atoms with Crippen LogP contribution in [0.25, 0.3) is 0 Å². The van der Waals surface area contributed by atoms with Crippen LogP contribution in [0.5, 0.6) is 0 Å². The second kappa shape index (κ2) is 6.53. The van der Waals surface area contributed by atoms with Crippen molar-refractivity contribution >= 4 is 23.0 Å². The largest absolute Gasteiger partial charge is 0.477 e. The van der Waals surface area contributed by atoms with E-state index in [1.54, 1.807) is 17.6 Å². The highest BCUT2D eigenvalue weighted by Gasteiger charge is 2.13. The van der Waals surface area contributed by atoms with E-state index in [4.69, 9.17) is 5.11 Å². The summed E-state index contributed by atoms with van der Waals surface area (Å²) in [6.07, 6.45) is 1.64. The van der Waals surface area contributed by atoms with Gasteiger partial charge in [-0.3, -0.25) is 4.79 Å². The molecule has 2 aromatic rings. The summed E-state index contributed by atoms with van der Waals surface area (Å²) in [6.45, 7) is 5.80. The number of aromatic nitrogens is 2. The lowest BCUT2D eigenvalue weighted by atomic mass is 10.2. The fraction of sp³-hybridized carbons (Fsp3) is 0.357. The zero-order chi connectivity index (χ0) is 15.4. The van der Waals surface area contributed by atoms with Crippen LogP contribution in [-0.4, -0.2) is 33.9 Å². The van der Waals surface area contributed by atoms with Gasteiger partial charge in [0.05, 0.1) is 18.4 Å². The maximum Gasteiger partial charge on any atom is 0.346 e. The van der Waals surface area contributed by atoms with Crippen molar-refractivity contribution in [2.24, 2.45) is 0 Å². The predicted octanol–water partition coefficient (Wildman–Crippen LogP) is 1.90. The van der Waals surface area contributed by atoms with Gasteiger partial charge in [-0.2, -0.15) is 5.10 Å². The van der Waals surface area contributed by atoms with Crippen molar-refractivity contribution in [3.63, 3.8) is 0 Å². The normalized spacial score (nSPS) is 10.6. The van der Waals surface area contributed by atoms with Crippen molar-refractivity contribution in [3.05, 3.63) is 44.5 Å². The molecule has 1 N–H and O–H groups in total. The van der Waals surface area contributed by atoms with E-state index in [1.807, 2.05) is 18.7 Å². The van der Waals surface area contributed by atoms with E-state index < -0.39 is 5.97 Å². The Kier molecular flexibility index (Phi) is 4.74. The molecule has 2 heterocycles. The summed E-state index contributed by atoms with van der Waals surface area (Å²) in [5.74, 6) is -0.979. The first-order valence-electron chi connectivity index (χ1n) is 6.68. The Morgan fingerprint density at radius 3 is 2.71 bits per heavy atom. The second-order valence-corrected chi connectivity index (χ2v) is 5.38. The van der Waals surface area contributed by atoms with Crippen LogP contribution in [-0.2, 0) is 6.54 Å². The molecular weight excluding hydrogens is 290 g/mol. The monoisotopic (exact) mass is 307 g/mol. The van der Waals surface area contributed by atoms with Gasteiger partial charge in [0.1, 0.15) is 4.88 Å². The van der Waals surface area contributed by atoms with Gasteiger partial charge in [-0.25, -0.2) is 9.48 Å². The van der Waals surface area contributed by atoms with Crippen LogP contribution in [0, 0.1) is 0 Å². The van der Waals surface area contributed by atoms with Gasteiger partial charge in [-0.1, -0.05) is 0 Å². The number of rotatable bonds is 6. The van der Waals surface area contributed by atoms with E-state index in [0.29, 0.717) is 5.56 Å². The molecule has 112 valence electrons. The molecule has 0 atom stereocenters. The number of hydrogen-bond donors (Lipinski definition) is 1. The molecule has 0 amide bonds. The van der Waals surface area contributed by atoms with Gasteiger partial charge in [-0.05, 0) is 30.9 Å². The van der Waals surface area contributed by atoms with Crippen LogP contribution in [0.4, 0.5) is 5.69 Å². The number of nitrogens with zero attached hydrogens (tertiary/aromatic N) is 3. The van der Waals surface area contributed by atoms with E-state index in [1.165, 1.54) is 10.7 Å². The van der Waals surface area contributed by atoms with E-state index >= 15 is 0 Å². The topological polar surface area (TPSA) is 75.4 Å². The molecule has 0 aliphatic carbocycles. The number of hydrogen-bond acceptors (Lipinski definition) is 5. The minimum atomic E-state index is -0.979. The van der Waals surface area contributed by atoms with Crippen molar-refractivity contribution < 1.29 is 9.90 Å². The second-order valence-electron chi connectivity index (χ2n) is 4.46. The Balaban J connectivity index is 2.28. The third kappa shape index (κ3) is 3.30. The molecule has 0 unspecified atom stereocenters. The highest BCUT2D eigenvalue weighted by Crippen LogP contribution is 2.17. The third-order valence-electron chi connectivity index (χ3n) is 3.24. The first kappa shape index (κ1) is 15.2. The van der Waals surface area contributed by atoms with Crippen molar-refractivity contribution in [1.29, 1.82) is 0 Å². The first-order chi connectivity index (χ1) is 10.1. The van der Waals surface area contributed by atoms with Gasteiger partial charge < -0.3 is 10.0 Å². The molecule has 0 spiro atoms. The molecule has 21 heavy (non-hydrogen) atoms. The van der Waals surface area contributed by atoms with Crippen LogP contribution < -0.4 is 10.5 Å². The van der Waals surface area contributed by atoms with Crippen LogP contribution in [0.2, 0.25) is 0 Å². The summed E-state index contributed by atoms with van der Waals surface area (Å²) >= 11 is 1.15. The van der Waals surface area contributed by atoms with Gasteiger partial charge in [0.25, 0.3) is 5.56 Å². The smallest absolute Gasteiger partial charge is 0.346 e. The summed E-state index contributed by atoms with van der Waals surface area (Å²) in [4.78, 5) is 25.5. The van der Waals surface area contributed by atoms with Gasteiger partial charge in [-0.15, -0.1) is 11.3 Å². The maximum atomic E-state index is 12.1. The van der Waals surface area contributed by atoms with Crippen LogP contribution in [0.3, 0.4) is 0 Å². The fourth-order valence-corrected chi connectivity index (χ4v) is 2.87. The fourth-order valence-electron chi connectivity index (χ4n) is 2.11. The SMILES string of the molecule is CCN(CC)c1cnn(Cc2ccsc2C(=O)O)c(=O)c1. The van der Waals surface area contributed by atoms with Crippen molar-refractivity contribution in [2.45, 2.75) is 20.4 Å². The molecule has 0 aliphatic heterocycles. The number of carboxylic acids is 1. The molecule has 6 nitrogen and oxygen atoms in total. The lowest BCUT2D eigenvalue weighted by molar-refractivity contribution is 0.0701. The van der Waals surface area contributed by atoms with Crippen LogP contribution in [0.15, 0.2) is 28.5 Å². The summed E-state index contributed by atoms with van der Waals surface area (Å²) in [5.41, 5.74) is 1.14. The van der Waals surface area contributed by atoms with Gasteiger partial charge in [0, 0.05) is 19.2 Å². The van der Waals surface area contributed by atoms with Crippen molar-refractivity contribution in [1.82, 2.24) is 9.78 Å². The van der Waals surface area contributed by atoms with E-state index in [0.717, 1.165) is 30.1 Å². The highest BCUT2D eigenvalue weighted by molar-refractivity contribution is 7.12. The summed E-state index contributed by atoms with van der Waals surface area (Å²) in [7, 11) is 0. The molecule has 2 rings (SSSR count). The minimum Gasteiger partial charge on any atom is -0.477 e. The molecule has 7 heteroatoms. The average Bonchev–Trinajstić information content (AvgIpc) is 2.91. The summed E-state index contributed by atoms with van der Waals surface area (Å²) in [6, 6.07) is 3.24. The number of carbonyl (C=O) groups is 1. The van der Waals surface area contributed by atoms with Crippen LogP contribution >= 0.6 is 11.3 Å². The van der Waals surface area contributed by atoms with Gasteiger partial charge >= 0.3 is 5.97 Å². The molecule has 0 fully saturated rings. The molecule has 0 bridgehead atoms. The van der Waals surface area contributed by atoms with Crippen LogP contribution in [0.1, 0.15) is 29.1 Å². The number of anilines is 1.